The molecule has 0 unspecified atom stereocenters. The lowest BCUT2D eigenvalue weighted by Crippen LogP contribution is -1.99. The summed E-state index contributed by atoms with van der Waals surface area (Å²) in [7, 11) is 0. The van der Waals surface area contributed by atoms with Crippen molar-refractivity contribution in [2.24, 2.45) is 0 Å². The van der Waals surface area contributed by atoms with Crippen LogP contribution in [0.4, 0.5) is 0 Å². The fraction of sp³-hybridized carbons (Fsp3) is 0. The van der Waals surface area contributed by atoms with Gasteiger partial charge in [0, 0.05) is 11.6 Å². The fourth-order valence-corrected chi connectivity index (χ4v) is 2.09. The second-order valence-electron chi connectivity index (χ2n) is 3.85. The van der Waals surface area contributed by atoms with E-state index in [0.717, 1.165) is 16.2 Å². The quantitative estimate of drug-likeness (QED) is 0.645. The van der Waals surface area contributed by atoms with E-state index in [1.807, 2.05) is 36.4 Å². The molecule has 1 heterocycles. The highest BCUT2D eigenvalue weighted by atomic mass is 16.4. The Labute approximate surface area is 97.3 Å². The lowest BCUT2D eigenvalue weighted by molar-refractivity contribution is 0.0699. The van der Waals surface area contributed by atoms with Gasteiger partial charge in [-0.1, -0.05) is 30.3 Å². The zero-order valence-corrected chi connectivity index (χ0v) is 8.92. The van der Waals surface area contributed by atoms with Gasteiger partial charge in [-0.3, -0.25) is 4.98 Å². The normalized spacial score (nSPS) is 10.8. The largest absolute Gasteiger partial charge is 0.478 e. The number of carbonyl (C=O) groups is 1. The van der Waals surface area contributed by atoms with Crippen molar-refractivity contribution < 1.29 is 9.90 Å². The van der Waals surface area contributed by atoms with Gasteiger partial charge < -0.3 is 5.11 Å². The average Bonchev–Trinajstić information content (AvgIpc) is 2.37. The van der Waals surface area contributed by atoms with Crippen LogP contribution in [0.25, 0.3) is 21.7 Å². The van der Waals surface area contributed by atoms with Crippen LogP contribution in [-0.4, -0.2) is 16.1 Å². The smallest absolute Gasteiger partial charge is 0.337 e. The predicted octanol–water partition coefficient (Wildman–Crippen LogP) is 3.09. The number of aromatic nitrogens is 1. The molecule has 2 aromatic carbocycles. The van der Waals surface area contributed by atoms with Gasteiger partial charge in [0.15, 0.2) is 0 Å². The van der Waals surface area contributed by atoms with Crippen molar-refractivity contribution in [2.75, 3.05) is 0 Å². The number of rotatable bonds is 1. The van der Waals surface area contributed by atoms with Crippen molar-refractivity contribution in [3.05, 3.63) is 54.2 Å². The van der Waals surface area contributed by atoms with Crippen molar-refractivity contribution in [3.63, 3.8) is 0 Å². The maximum atomic E-state index is 11.2. The van der Waals surface area contributed by atoms with Crippen LogP contribution in [0.5, 0.6) is 0 Å². The van der Waals surface area contributed by atoms with Gasteiger partial charge in [0.2, 0.25) is 0 Å². The highest BCUT2D eigenvalue weighted by molar-refractivity contribution is 6.14. The maximum absolute atomic E-state index is 11.2. The highest BCUT2D eigenvalue weighted by Gasteiger charge is 2.12. The van der Waals surface area contributed by atoms with Gasteiger partial charge >= 0.3 is 5.97 Å². The van der Waals surface area contributed by atoms with E-state index >= 15 is 0 Å². The molecule has 0 aliphatic carbocycles. The third-order valence-corrected chi connectivity index (χ3v) is 2.84. The van der Waals surface area contributed by atoms with Gasteiger partial charge in [-0.25, -0.2) is 4.79 Å². The average molecular weight is 223 g/mol. The van der Waals surface area contributed by atoms with Crippen molar-refractivity contribution in [3.8, 4) is 0 Å². The molecule has 3 heteroatoms. The number of carboxylic acids is 1. The van der Waals surface area contributed by atoms with Gasteiger partial charge in [-0.05, 0) is 22.9 Å². The van der Waals surface area contributed by atoms with Crippen molar-refractivity contribution in [1.29, 1.82) is 0 Å². The van der Waals surface area contributed by atoms with Gasteiger partial charge in [0.25, 0.3) is 0 Å². The molecule has 0 aliphatic heterocycles. The van der Waals surface area contributed by atoms with Gasteiger partial charge in [0.05, 0.1) is 11.1 Å². The molecule has 0 saturated carbocycles. The number of nitrogens with zero attached hydrogens (tertiary/aromatic N) is 1. The van der Waals surface area contributed by atoms with Crippen LogP contribution in [0.1, 0.15) is 10.4 Å². The highest BCUT2D eigenvalue weighted by Crippen LogP contribution is 2.26. The molecule has 1 N–H and O–H groups in total. The Bertz CT molecular complexity index is 734. The van der Waals surface area contributed by atoms with E-state index in [1.165, 1.54) is 0 Å². The van der Waals surface area contributed by atoms with Gasteiger partial charge in [0.1, 0.15) is 0 Å². The summed E-state index contributed by atoms with van der Waals surface area (Å²) < 4.78 is 0. The summed E-state index contributed by atoms with van der Waals surface area (Å²) in [5, 5.41) is 12.0. The van der Waals surface area contributed by atoms with Gasteiger partial charge in [-0.15, -0.1) is 0 Å². The SMILES string of the molecule is O=C(O)c1cc2ccccc2c2cccnc12. The minimum Gasteiger partial charge on any atom is -0.478 e. The molecule has 17 heavy (non-hydrogen) atoms. The molecule has 0 atom stereocenters. The fourth-order valence-electron chi connectivity index (χ4n) is 2.09. The maximum Gasteiger partial charge on any atom is 0.337 e. The summed E-state index contributed by atoms with van der Waals surface area (Å²) in [6, 6.07) is 13.1. The van der Waals surface area contributed by atoms with E-state index < -0.39 is 5.97 Å². The Kier molecular flexibility index (Phi) is 2.05. The number of hydrogen-bond acceptors (Lipinski definition) is 2. The third-order valence-electron chi connectivity index (χ3n) is 2.84. The molecule has 3 nitrogen and oxygen atoms in total. The first-order valence-electron chi connectivity index (χ1n) is 5.27. The van der Waals surface area contributed by atoms with Gasteiger partial charge in [-0.2, -0.15) is 0 Å². The first kappa shape index (κ1) is 9.78. The summed E-state index contributed by atoms with van der Waals surface area (Å²) >= 11 is 0. The summed E-state index contributed by atoms with van der Waals surface area (Å²) in [4.78, 5) is 15.4. The number of benzene rings is 2. The number of aromatic carboxylic acids is 1. The second kappa shape index (κ2) is 3.56. The standard InChI is InChI=1S/C14H9NO2/c16-14(17)12-8-9-4-1-2-5-10(9)11-6-3-7-15-13(11)12/h1-8H,(H,16,17). The van der Waals surface area contributed by atoms with E-state index in [2.05, 4.69) is 4.98 Å². The molecule has 0 fully saturated rings. The second-order valence-corrected chi connectivity index (χ2v) is 3.85. The number of pyridine rings is 1. The zero-order valence-electron chi connectivity index (χ0n) is 8.92. The molecule has 0 spiro atoms. The van der Waals surface area contributed by atoms with Crippen LogP contribution in [-0.2, 0) is 0 Å². The first-order chi connectivity index (χ1) is 8.27. The lowest BCUT2D eigenvalue weighted by Gasteiger charge is -2.06. The number of hydrogen-bond donors (Lipinski definition) is 1. The Morgan fingerprint density at radius 1 is 1.06 bits per heavy atom. The number of carboxylic acid groups (broad SMARTS) is 1. The molecular formula is C14H9NO2. The summed E-state index contributed by atoms with van der Waals surface area (Å²) in [5.41, 5.74) is 0.790. The molecule has 0 saturated heterocycles. The van der Waals surface area contributed by atoms with Crippen molar-refractivity contribution in [2.45, 2.75) is 0 Å². The minimum atomic E-state index is -0.945. The van der Waals surface area contributed by atoms with Crippen LogP contribution in [0.15, 0.2) is 48.7 Å². The Hall–Kier alpha value is -2.42. The summed E-state index contributed by atoms with van der Waals surface area (Å²) in [6.45, 7) is 0. The first-order valence-corrected chi connectivity index (χ1v) is 5.27. The van der Waals surface area contributed by atoms with E-state index in [1.54, 1.807) is 12.3 Å². The Morgan fingerprint density at radius 3 is 2.65 bits per heavy atom. The molecule has 1 aromatic heterocycles. The molecule has 3 rings (SSSR count). The zero-order chi connectivity index (χ0) is 11.8. The minimum absolute atomic E-state index is 0.249. The molecular weight excluding hydrogens is 214 g/mol. The molecule has 0 amide bonds. The van der Waals surface area contributed by atoms with E-state index in [0.29, 0.717) is 5.52 Å². The van der Waals surface area contributed by atoms with Crippen LogP contribution in [0, 0.1) is 0 Å². The van der Waals surface area contributed by atoms with Crippen LogP contribution in [0.3, 0.4) is 0 Å². The molecule has 0 aliphatic rings. The Balaban J connectivity index is 2.59. The summed E-state index contributed by atoms with van der Waals surface area (Å²) in [6.07, 6.45) is 1.61. The lowest BCUT2D eigenvalue weighted by atomic mass is 10.0. The van der Waals surface area contributed by atoms with Crippen LogP contribution in [0.2, 0.25) is 0 Å². The van der Waals surface area contributed by atoms with Crippen LogP contribution < -0.4 is 0 Å². The molecule has 3 aromatic rings. The Morgan fingerprint density at radius 2 is 1.82 bits per heavy atom. The van der Waals surface area contributed by atoms with E-state index in [9.17, 15) is 9.90 Å². The third kappa shape index (κ3) is 1.44. The molecule has 0 bridgehead atoms. The number of fused-ring (bicyclic) bond motifs is 3. The van der Waals surface area contributed by atoms with Crippen molar-refractivity contribution >= 4 is 27.6 Å². The molecule has 82 valence electrons. The van der Waals surface area contributed by atoms with Crippen LogP contribution >= 0.6 is 0 Å². The van der Waals surface area contributed by atoms with E-state index in [-0.39, 0.29) is 5.56 Å². The van der Waals surface area contributed by atoms with E-state index in [4.69, 9.17) is 0 Å². The monoisotopic (exact) mass is 223 g/mol. The predicted molar refractivity (Wildman–Crippen MR) is 66.2 cm³/mol. The summed E-state index contributed by atoms with van der Waals surface area (Å²) in [5.74, 6) is -0.945. The topological polar surface area (TPSA) is 50.2 Å². The molecule has 0 radical (unpaired) electrons. The van der Waals surface area contributed by atoms with Crippen molar-refractivity contribution in [1.82, 2.24) is 4.98 Å².